The number of anilines is 2. The topological polar surface area (TPSA) is 55.1 Å². The van der Waals surface area contributed by atoms with E-state index in [0.29, 0.717) is 21.3 Å². The number of nitrogens with one attached hydrogen (secondary N) is 1. The molecule has 5 heteroatoms. The predicted octanol–water partition coefficient (Wildman–Crippen LogP) is 4.70. The number of nitrogen functional groups attached to an aromatic ring is 1. The zero-order valence-electron chi connectivity index (χ0n) is 11.3. The molecule has 3 N–H and O–H groups in total. The molecule has 3 nitrogen and oxygen atoms in total. The van der Waals surface area contributed by atoms with Gasteiger partial charge in [0, 0.05) is 20.8 Å². The number of carbonyl (C=O) groups is 1. The molecule has 0 radical (unpaired) electrons. The Kier molecular flexibility index (Phi) is 3.57. The number of halogens is 1. The third kappa shape index (κ3) is 2.73. The van der Waals surface area contributed by atoms with Crippen molar-refractivity contribution in [3.8, 4) is 0 Å². The van der Waals surface area contributed by atoms with Crippen molar-refractivity contribution < 1.29 is 4.79 Å². The molecule has 0 aliphatic carbocycles. The molecule has 0 bridgehead atoms. The molecule has 1 heterocycles. The molecule has 106 valence electrons. The van der Waals surface area contributed by atoms with Crippen molar-refractivity contribution in [3.63, 3.8) is 0 Å². The van der Waals surface area contributed by atoms with Gasteiger partial charge in [0.25, 0.3) is 5.91 Å². The molecule has 3 aromatic rings. The zero-order valence-corrected chi connectivity index (χ0v) is 12.9. The van der Waals surface area contributed by atoms with Crippen molar-refractivity contribution in [2.45, 2.75) is 6.92 Å². The van der Waals surface area contributed by atoms with Crippen molar-refractivity contribution in [1.29, 1.82) is 0 Å². The van der Waals surface area contributed by atoms with E-state index < -0.39 is 0 Å². The van der Waals surface area contributed by atoms with Crippen molar-refractivity contribution in [2.24, 2.45) is 0 Å². The average molecular weight is 317 g/mol. The first-order chi connectivity index (χ1) is 10.0. The summed E-state index contributed by atoms with van der Waals surface area (Å²) in [5, 5.41) is 4.33. The van der Waals surface area contributed by atoms with Crippen molar-refractivity contribution in [1.82, 2.24) is 0 Å². The summed E-state index contributed by atoms with van der Waals surface area (Å²) in [4.78, 5) is 12.9. The van der Waals surface area contributed by atoms with Crippen LogP contribution in [0.25, 0.3) is 10.1 Å². The summed E-state index contributed by atoms with van der Waals surface area (Å²) < 4.78 is 1.01. The highest BCUT2D eigenvalue weighted by Gasteiger charge is 2.16. The first-order valence-electron chi connectivity index (χ1n) is 6.40. The Labute approximate surface area is 131 Å². The first kappa shape index (κ1) is 13.9. The van der Waals surface area contributed by atoms with Gasteiger partial charge in [0.05, 0.1) is 5.69 Å². The SMILES string of the molecule is Cc1ccc2sc(C(=O)Nc3cccc(Cl)c3)c(N)c2c1. The van der Waals surface area contributed by atoms with Gasteiger partial charge in [-0.15, -0.1) is 11.3 Å². The second-order valence-electron chi connectivity index (χ2n) is 4.81. The Morgan fingerprint density at radius 1 is 1.24 bits per heavy atom. The van der Waals surface area contributed by atoms with E-state index in [0.717, 1.165) is 15.6 Å². The molecule has 0 spiro atoms. The minimum atomic E-state index is -0.214. The maximum absolute atomic E-state index is 12.4. The third-order valence-electron chi connectivity index (χ3n) is 3.17. The summed E-state index contributed by atoms with van der Waals surface area (Å²) in [6.07, 6.45) is 0. The van der Waals surface area contributed by atoms with Crippen LogP contribution in [-0.4, -0.2) is 5.91 Å². The summed E-state index contributed by atoms with van der Waals surface area (Å²) >= 11 is 7.31. The maximum Gasteiger partial charge on any atom is 0.267 e. The number of benzene rings is 2. The van der Waals surface area contributed by atoms with Gasteiger partial charge in [0.2, 0.25) is 0 Å². The standard InChI is InChI=1S/C16H13ClN2OS/c1-9-5-6-13-12(7-9)14(18)15(21-13)16(20)19-11-4-2-3-10(17)8-11/h2-8H,18H2,1H3,(H,19,20). The number of aryl methyl sites for hydroxylation is 1. The van der Waals surface area contributed by atoms with Crippen LogP contribution in [0.3, 0.4) is 0 Å². The Hall–Kier alpha value is -2.04. The molecule has 2 aromatic carbocycles. The zero-order chi connectivity index (χ0) is 15.0. The minimum absolute atomic E-state index is 0.214. The predicted molar refractivity (Wildman–Crippen MR) is 90.4 cm³/mol. The fraction of sp³-hybridized carbons (Fsp3) is 0.0625. The fourth-order valence-electron chi connectivity index (χ4n) is 2.15. The maximum atomic E-state index is 12.4. The molecule has 0 unspecified atom stereocenters. The molecular weight excluding hydrogens is 304 g/mol. The van der Waals surface area contributed by atoms with E-state index in [2.05, 4.69) is 5.32 Å². The minimum Gasteiger partial charge on any atom is -0.397 e. The van der Waals surface area contributed by atoms with Gasteiger partial charge >= 0.3 is 0 Å². The van der Waals surface area contributed by atoms with Gasteiger partial charge in [-0.05, 0) is 37.3 Å². The van der Waals surface area contributed by atoms with Crippen LogP contribution in [0.4, 0.5) is 11.4 Å². The quantitative estimate of drug-likeness (QED) is 0.720. The van der Waals surface area contributed by atoms with Crippen molar-refractivity contribution >= 4 is 50.3 Å². The van der Waals surface area contributed by atoms with Gasteiger partial charge in [-0.25, -0.2) is 0 Å². The number of hydrogen-bond donors (Lipinski definition) is 2. The lowest BCUT2D eigenvalue weighted by Gasteiger charge is -2.04. The summed E-state index contributed by atoms with van der Waals surface area (Å²) in [5.74, 6) is -0.214. The molecule has 0 atom stereocenters. The molecule has 0 aliphatic heterocycles. The number of nitrogens with two attached hydrogens (primary N) is 1. The Morgan fingerprint density at radius 2 is 2.05 bits per heavy atom. The number of thiophene rings is 1. The van der Waals surface area contributed by atoms with Gasteiger partial charge in [-0.3, -0.25) is 4.79 Å². The van der Waals surface area contributed by atoms with Gasteiger partial charge < -0.3 is 11.1 Å². The average Bonchev–Trinajstić information content (AvgIpc) is 2.76. The molecular formula is C16H13ClN2OS. The monoisotopic (exact) mass is 316 g/mol. The van der Waals surface area contributed by atoms with Gasteiger partial charge in [-0.2, -0.15) is 0 Å². The number of rotatable bonds is 2. The highest BCUT2D eigenvalue weighted by atomic mass is 35.5. The number of hydrogen-bond acceptors (Lipinski definition) is 3. The third-order valence-corrected chi connectivity index (χ3v) is 4.59. The Balaban J connectivity index is 1.96. The van der Waals surface area contributed by atoms with E-state index in [1.165, 1.54) is 11.3 Å². The van der Waals surface area contributed by atoms with E-state index in [1.807, 2.05) is 25.1 Å². The van der Waals surface area contributed by atoms with Crippen LogP contribution >= 0.6 is 22.9 Å². The van der Waals surface area contributed by atoms with Crippen LogP contribution in [0.1, 0.15) is 15.2 Å². The van der Waals surface area contributed by atoms with E-state index in [-0.39, 0.29) is 5.91 Å². The molecule has 1 aromatic heterocycles. The fourth-order valence-corrected chi connectivity index (χ4v) is 3.34. The van der Waals surface area contributed by atoms with E-state index in [1.54, 1.807) is 24.3 Å². The molecule has 0 saturated carbocycles. The summed E-state index contributed by atoms with van der Waals surface area (Å²) in [5.41, 5.74) is 8.41. The highest BCUT2D eigenvalue weighted by molar-refractivity contribution is 7.21. The number of amides is 1. The van der Waals surface area contributed by atoms with Gasteiger partial charge in [-0.1, -0.05) is 29.3 Å². The van der Waals surface area contributed by atoms with Crippen molar-refractivity contribution in [2.75, 3.05) is 11.1 Å². The van der Waals surface area contributed by atoms with Crippen molar-refractivity contribution in [3.05, 3.63) is 57.9 Å². The van der Waals surface area contributed by atoms with Gasteiger partial charge in [0.15, 0.2) is 0 Å². The Bertz CT molecular complexity index is 841. The second kappa shape index (κ2) is 5.39. The molecule has 3 rings (SSSR count). The first-order valence-corrected chi connectivity index (χ1v) is 7.59. The lowest BCUT2D eigenvalue weighted by Crippen LogP contribution is -2.11. The largest absolute Gasteiger partial charge is 0.397 e. The van der Waals surface area contributed by atoms with Crippen LogP contribution in [0.15, 0.2) is 42.5 Å². The van der Waals surface area contributed by atoms with E-state index in [4.69, 9.17) is 17.3 Å². The van der Waals surface area contributed by atoms with Crippen LogP contribution in [0, 0.1) is 6.92 Å². The molecule has 0 aliphatic rings. The molecule has 1 amide bonds. The lowest BCUT2D eigenvalue weighted by molar-refractivity contribution is 0.103. The molecule has 0 saturated heterocycles. The normalized spacial score (nSPS) is 10.8. The van der Waals surface area contributed by atoms with E-state index in [9.17, 15) is 4.79 Å². The van der Waals surface area contributed by atoms with Crippen LogP contribution in [-0.2, 0) is 0 Å². The van der Waals surface area contributed by atoms with E-state index >= 15 is 0 Å². The van der Waals surface area contributed by atoms with Crippen LogP contribution in [0.5, 0.6) is 0 Å². The summed E-state index contributed by atoms with van der Waals surface area (Å²) in [6, 6.07) is 13.0. The summed E-state index contributed by atoms with van der Waals surface area (Å²) in [6.45, 7) is 2.00. The van der Waals surface area contributed by atoms with Gasteiger partial charge in [0.1, 0.15) is 4.88 Å². The number of fused-ring (bicyclic) bond motifs is 1. The summed E-state index contributed by atoms with van der Waals surface area (Å²) in [7, 11) is 0. The van der Waals surface area contributed by atoms with Crippen LogP contribution in [0.2, 0.25) is 5.02 Å². The lowest BCUT2D eigenvalue weighted by atomic mass is 10.1. The molecule has 21 heavy (non-hydrogen) atoms. The molecule has 0 fully saturated rings. The second-order valence-corrected chi connectivity index (χ2v) is 6.30. The number of carbonyl (C=O) groups excluding carboxylic acids is 1. The van der Waals surface area contributed by atoms with Crippen LogP contribution < -0.4 is 11.1 Å². The Morgan fingerprint density at radius 3 is 2.81 bits per heavy atom. The smallest absolute Gasteiger partial charge is 0.267 e. The highest BCUT2D eigenvalue weighted by Crippen LogP contribution is 2.34.